The number of hydrogen-bond donors (Lipinski definition) is 0. The van der Waals surface area contributed by atoms with E-state index in [0.29, 0.717) is 12.3 Å². The van der Waals surface area contributed by atoms with Gasteiger partial charge in [-0.05, 0) is 24.1 Å². The van der Waals surface area contributed by atoms with E-state index >= 15 is 0 Å². The number of hydrogen-bond acceptors (Lipinski definition) is 6. The lowest BCUT2D eigenvalue weighted by atomic mass is 9.92. The fourth-order valence-corrected chi connectivity index (χ4v) is 4.74. The highest BCUT2D eigenvalue weighted by Crippen LogP contribution is 2.46. The van der Waals surface area contributed by atoms with Crippen molar-refractivity contribution in [2.75, 3.05) is 18.8 Å². The van der Waals surface area contributed by atoms with Gasteiger partial charge in [-0.3, -0.25) is 14.8 Å². The fraction of sp³-hybridized carbons (Fsp3) is 0.412. The molecule has 0 bridgehead atoms. The van der Waals surface area contributed by atoms with Gasteiger partial charge in [0.1, 0.15) is 5.69 Å². The Hall–Kier alpha value is -1.99. The van der Waals surface area contributed by atoms with Gasteiger partial charge in [-0.1, -0.05) is 0 Å². The number of rotatable bonds is 4. The zero-order valence-electron chi connectivity index (χ0n) is 13.2. The lowest BCUT2D eigenvalue weighted by molar-refractivity contribution is 0.0253. The Morgan fingerprint density at radius 3 is 2.83 bits per heavy atom. The SMILES string of the molecule is O=C(c1cnccn1)N1CC2(CC(OCc3ccncc3)CS2)C1. The van der Waals surface area contributed by atoms with Crippen LogP contribution in [0.1, 0.15) is 22.5 Å². The molecule has 6 nitrogen and oxygen atoms in total. The summed E-state index contributed by atoms with van der Waals surface area (Å²) < 4.78 is 6.18. The molecule has 2 aliphatic rings. The molecule has 0 N–H and O–H groups in total. The van der Waals surface area contributed by atoms with Crippen LogP contribution in [-0.2, 0) is 11.3 Å². The van der Waals surface area contributed by atoms with Crippen LogP contribution >= 0.6 is 11.8 Å². The molecule has 0 saturated carbocycles. The molecule has 2 aromatic rings. The molecule has 4 heterocycles. The molecule has 124 valence electrons. The summed E-state index contributed by atoms with van der Waals surface area (Å²) in [5.74, 6) is 0.952. The average molecular weight is 342 g/mol. The van der Waals surface area contributed by atoms with Crippen molar-refractivity contribution in [3.8, 4) is 0 Å². The Balaban J connectivity index is 1.28. The summed E-state index contributed by atoms with van der Waals surface area (Å²) in [5, 5.41) is 0. The monoisotopic (exact) mass is 342 g/mol. The second kappa shape index (κ2) is 6.49. The summed E-state index contributed by atoms with van der Waals surface area (Å²) in [5.41, 5.74) is 1.56. The molecule has 24 heavy (non-hydrogen) atoms. The zero-order chi connectivity index (χ0) is 16.4. The van der Waals surface area contributed by atoms with E-state index in [-0.39, 0.29) is 16.8 Å². The van der Waals surface area contributed by atoms with Crippen LogP contribution in [0.3, 0.4) is 0 Å². The quantitative estimate of drug-likeness (QED) is 0.844. The second-order valence-corrected chi connectivity index (χ2v) is 7.73. The largest absolute Gasteiger partial charge is 0.373 e. The lowest BCUT2D eigenvalue weighted by Gasteiger charge is -2.47. The van der Waals surface area contributed by atoms with E-state index in [2.05, 4.69) is 15.0 Å². The number of thioether (sulfide) groups is 1. The number of aromatic nitrogens is 3. The van der Waals surface area contributed by atoms with Gasteiger partial charge in [-0.2, -0.15) is 0 Å². The van der Waals surface area contributed by atoms with Gasteiger partial charge in [0.05, 0.1) is 23.7 Å². The van der Waals surface area contributed by atoms with E-state index in [4.69, 9.17) is 4.74 Å². The van der Waals surface area contributed by atoms with Crippen LogP contribution in [0.15, 0.2) is 43.1 Å². The molecule has 1 atom stereocenters. The van der Waals surface area contributed by atoms with E-state index in [1.807, 2.05) is 28.8 Å². The fourth-order valence-electron chi connectivity index (χ4n) is 3.19. The second-order valence-electron chi connectivity index (χ2n) is 6.24. The smallest absolute Gasteiger partial charge is 0.274 e. The molecule has 0 radical (unpaired) electrons. The average Bonchev–Trinajstić information content (AvgIpc) is 3.04. The molecular formula is C17H18N4O2S. The first-order valence-corrected chi connectivity index (χ1v) is 8.92. The maximum absolute atomic E-state index is 12.3. The minimum atomic E-state index is -0.0320. The van der Waals surface area contributed by atoms with Crippen LogP contribution < -0.4 is 0 Å². The van der Waals surface area contributed by atoms with Gasteiger partial charge in [0.2, 0.25) is 0 Å². The number of carbonyl (C=O) groups is 1. The Morgan fingerprint density at radius 2 is 2.08 bits per heavy atom. The molecule has 4 rings (SSSR count). The van der Waals surface area contributed by atoms with Crippen LogP contribution in [0.25, 0.3) is 0 Å². The molecule has 7 heteroatoms. The van der Waals surface area contributed by atoms with Crippen LogP contribution in [0.5, 0.6) is 0 Å². The highest BCUT2D eigenvalue weighted by atomic mass is 32.2. The molecule has 2 aliphatic heterocycles. The van der Waals surface area contributed by atoms with Gasteiger partial charge in [-0.15, -0.1) is 11.8 Å². The van der Waals surface area contributed by atoms with Crippen molar-refractivity contribution in [3.05, 3.63) is 54.4 Å². The summed E-state index contributed by atoms with van der Waals surface area (Å²) >= 11 is 1.92. The Labute approximate surface area is 144 Å². The standard InChI is InChI=1S/C17H18N4O2S/c22-16(15-8-19-5-6-20-15)21-11-17(12-21)7-14(10-24-17)23-9-13-1-3-18-4-2-13/h1-6,8,14H,7,9-12H2. The van der Waals surface area contributed by atoms with Crippen molar-refractivity contribution in [1.29, 1.82) is 0 Å². The van der Waals surface area contributed by atoms with E-state index in [1.165, 1.54) is 6.20 Å². The maximum atomic E-state index is 12.3. The lowest BCUT2D eigenvalue weighted by Crippen LogP contribution is -2.60. The third kappa shape index (κ3) is 3.14. The first kappa shape index (κ1) is 15.5. The molecule has 2 saturated heterocycles. The Kier molecular flexibility index (Phi) is 4.20. The van der Waals surface area contributed by atoms with Crippen LogP contribution in [0, 0.1) is 0 Å². The molecule has 1 amide bonds. The minimum absolute atomic E-state index is 0.0320. The zero-order valence-corrected chi connectivity index (χ0v) is 14.0. The van der Waals surface area contributed by atoms with Crippen molar-refractivity contribution < 1.29 is 9.53 Å². The highest BCUT2D eigenvalue weighted by Gasteiger charge is 2.51. The molecule has 0 aromatic carbocycles. The topological polar surface area (TPSA) is 68.2 Å². The number of carbonyl (C=O) groups excluding carboxylic acids is 1. The molecule has 1 spiro atoms. The van der Waals surface area contributed by atoms with E-state index in [1.54, 1.807) is 24.8 Å². The van der Waals surface area contributed by atoms with Gasteiger partial charge < -0.3 is 9.64 Å². The predicted octanol–water partition coefficient (Wildman–Crippen LogP) is 1.79. The molecule has 2 aromatic heterocycles. The number of pyridine rings is 1. The summed E-state index contributed by atoms with van der Waals surface area (Å²) in [6.07, 6.45) is 9.46. The number of ether oxygens (including phenoxy) is 1. The van der Waals surface area contributed by atoms with Crippen molar-refractivity contribution >= 4 is 17.7 Å². The maximum Gasteiger partial charge on any atom is 0.274 e. The van der Waals surface area contributed by atoms with E-state index in [9.17, 15) is 4.79 Å². The van der Waals surface area contributed by atoms with E-state index in [0.717, 1.165) is 30.8 Å². The number of nitrogens with zero attached hydrogens (tertiary/aromatic N) is 4. The summed E-state index contributed by atoms with van der Waals surface area (Å²) in [6.45, 7) is 2.15. The Bertz CT molecular complexity index is 707. The third-order valence-electron chi connectivity index (χ3n) is 4.44. The van der Waals surface area contributed by atoms with Crippen LogP contribution in [-0.4, -0.2) is 55.5 Å². The Morgan fingerprint density at radius 1 is 1.25 bits per heavy atom. The van der Waals surface area contributed by atoms with Crippen LogP contribution in [0.2, 0.25) is 0 Å². The number of amides is 1. The minimum Gasteiger partial charge on any atom is -0.373 e. The summed E-state index contributed by atoms with van der Waals surface area (Å²) in [7, 11) is 0. The number of likely N-dealkylation sites (tertiary alicyclic amines) is 1. The van der Waals surface area contributed by atoms with E-state index < -0.39 is 0 Å². The molecular weight excluding hydrogens is 324 g/mol. The van der Waals surface area contributed by atoms with Crippen molar-refractivity contribution in [2.45, 2.75) is 23.9 Å². The molecule has 1 unspecified atom stereocenters. The highest BCUT2D eigenvalue weighted by molar-refractivity contribution is 8.01. The van der Waals surface area contributed by atoms with Gasteiger partial charge in [0.25, 0.3) is 5.91 Å². The van der Waals surface area contributed by atoms with Gasteiger partial charge in [-0.25, -0.2) is 4.98 Å². The predicted molar refractivity (Wildman–Crippen MR) is 90.6 cm³/mol. The van der Waals surface area contributed by atoms with Gasteiger partial charge >= 0.3 is 0 Å². The van der Waals surface area contributed by atoms with Crippen LogP contribution in [0.4, 0.5) is 0 Å². The first-order chi connectivity index (χ1) is 11.7. The van der Waals surface area contributed by atoms with Gasteiger partial charge in [0.15, 0.2) is 0 Å². The molecule has 0 aliphatic carbocycles. The molecule has 2 fully saturated rings. The third-order valence-corrected chi connectivity index (χ3v) is 6.01. The van der Waals surface area contributed by atoms with Crippen molar-refractivity contribution in [3.63, 3.8) is 0 Å². The summed E-state index contributed by atoms with van der Waals surface area (Å²) in [4.78, 5) is 26.2. The van der Waals surface area contributed by atoms with Crippen molar-refractivity contribution in [1.82, 2.24) is 19.9 Å². The first-order valence-electron chi connectivity index (χ1n) is 7.94. The van der Waals surface area contributed by atoms with Crippen molar-refractivity contribution in [2.24, 2.45) is 0 Å². The van der Waals surface area contributed by atoms with Gasteiger partial charge in [0, 0.05) is 43.6 Å². The summed E-state index contributed by atoms with van der Waals surface area (Å²) in [6, 6.07) is 3.95. The normalized spacial score (nSPS) is 21.7.